The van der Waals surface area contributed by atoms with Crippen molar-refractivity contribution >= 4 is 29.7 Å². The summed E-state index contributed by atoms with van der Waals surface area (Å²) in [6.45, 7) is 1.99. The summed E-state index contributed by atoms with van der Waals surface area (Å²) in [5.41, 5.74) is 0. The highest BCUT2D eigenvalue weighted by atomic mass is 32.1. The first-order chi connectivity index (χ1) is 4.74. The van der Waals surface area contributed by atoms with Crippen molar-refractivity contribution in [3.8, 4) is 0 Å². The number of rotatable bonds is 2. The maximum absolute atomic E-state index is 11.0. The molecule has 0 saturated carbocycles. The Hall–Kier alpha value is -0.280. The van der Waals surface area contributed by atoms with Gasteiger partial charge in [0.1, 0.15) is 0 Å². The van der Waals surface area contributed by atoms with E-state index < -0.39 is 0 Å². The molecule has 0 unspecified atom stereocenters. The monoisotopic (exact) mass is 172 g/mol. The van der Waals surface area contributed by atoms with E-state index in [9.17, 15) is 4.79 Å². The number of hydrogen-bond donors (Lipinski definition) is 1. The fourth-order valence-electron chi connectivity index (χ4n) is 0.662. The third-order valence-electron chi connectivity index (χ3n) is 1.16. The number of thiophene rings is 1. The van der Waals surface area contributed by atoms with Crippen molar-refractivity contribution in [3.05, 3.63) is 21.9 Å². The predicted molar refractivity (Wildman–Crippen MR) is 47.2 cm³/mol. The molecule has 0 amide bonds. The molecule has 0 N–H and O–H groups in total. The van der Waals surface area contributed by atoms with Gasteiger partial charge in [0.25, 0.3) is 0 Å². The first kappa shape index (κ1) is 7.82. The Morgan fingerprint density at radius 1 is 1.70 bits per heavy atom. The van der Waals surface area contributed by atoms with Crippen molar-refractivity contribution in [2.24, 2.45) is 0 Å². The molecule has 1 aromatic heterocycles. The Morgan fingerprint density at radius 3 is 2.80 bits per heavy atom. The van der Waals surface area contributed by atoms with E-state index in [4.69, 9.17) is 0 Å². The standard InChI is InChI=1S/C7H8OS2/c1-5-2-3-7(10-5)6(8)4-9/h2-3,9H,4H2,1H3. The molecule has 3 heteroatoms. The largest absolute Gasteiger partial charge is 0.292 e. The van der Waals surface area contributed by atoms with E-state index in [1.807, 2.05) is 19.1 Å². The van der Waals surface area contributed by atoms with Crippen LogP contribution in [0.1, 0.15) is 14.5 Å². The van der Waals surface area contributed by atoms with Crippen molar-refractivity contribution in [2.75, 3.05) is 5.75 Å². The summed E-state index contributed by atoms with van der Waals surface area (Å²) in [5, 5.41) is 0. The van der Waals surface area contributed by atoms with E-state index in [1.54, 1.807) is 0 Å². The number of hydrogen-bond acceptors (Lipinski definition) is 3. The maximum atomic E-state index is 11.0. The second kappa shape index (κ2) is 3.21. The molecular formula is C7H8OS2. The van der Waals surface area contributed by atoms with E-state index in [1.165, 1.54) is 16.2 Å². The molecule has 1 rings (SSSR count). The highest BCUT2D eigenvalue weighted by molar-refractivity contribution is 7.81. The topological polar surface area (TPSA) is 17.1 Å². The van der Waals surface area contributed by atoms with Crippen LogP contribution in [0, 0.1) is 6.92 Å². The molecule has 0 fully saturated rings. The van der Waals surface area contributed by atoms with Gasteiger partial charge in [0.2, 0.25) is 0 Å². The summed E-state index contributed by atoms with van der Waals surface area (Å²) in [6.07, 6.45) is 0. The van der Waals surface area contributed by atoms with Crippen LogP contribution in [0.4, 0.5) is 0 Å². The lowest BCUT2D eigenvalue weighted by Gasteiger charge is -1.86. The second-order valence-corrected chi connectivity index (χ2v) is 3.60. The van der Waals surface area contributed by atoms with Gasteiger partial charge in [0.15, 0.2) is 5.78 Å². The van der Waals surface area contributed by atoms with Gasteiger partial charge in [-0.2, -0.15) is 12.6 Å². The average molecular weight is 172 g/mol. The molecule has 0 spiro atoms. The quantitative estimate of drug-likeness (QED) is 0.534. The fourth-order valence-corrected chi connectivity index (χ4v) is 1.74. The molecule has 0 aliphatic rings. The van der Waals surface area contributed by atoms with E-state index in [2.05, 4.69) is 12.6 Å². The summed E-state index contributed by atoms with van der Waals surface area (Å²) in [5.74, 6) is 0.418. The number of Topliss-reactive ketones (excluding diaryl/α,β-unsaturated/α-hetero) is 1. The van der Waals surface area contributed by atoms with Crippen LogP contribution in [-0.2, 0) is 0 Å². The van der Waals surface area contributed by atoms with Crippen LogP contribution in [0.2, 0.25) is 0 Å². The van der Waals surface area contributed by atoms with Crippen molar-refractivity contribution in [2.45, 2.75) is 6.92 Å². The van der Waals surface area contributed by atoms with Gasteiger partial charge >= 0.3 is 0 Å². The minimum absolute atomic E-state index is 0.112. The lowest BCUT2D eigenvalue weighted by molar-refractivity contribution is 0.102. The molecule has 0 bridgehead atoms. The molecule has 0 aliphatic carbocycles. The Kier molecular flexibility index (Phi) is 2.51. The van der Waals surface area contributed by atoms with Gasteiger partial charge in [-0.15, -0.1) is 11.3 Å². The van der Waals surface area contributed by atoms with E-state index in [0.29, 0.717) is 5.75 Å². The molecule has 1 nitrogen and oxygen atoms in total. The Morgan fingerprint density at radius 2 is 2.40 bits per heavy atom. The van der Waals surface area contributed by atoms with Crippen LogP contribution < -0.4 is 0 Å². The minimum atomic E-state index is 0.112. The highest BCUT2D eigenvalue weighted by Gasteiger charge is 2.04. The number of carbonyl (C=O) groups is 1. The van der Waals surface area contributed by atoms with E-state index >= 15 is 0 Å². The smallest absolute Gasteiger partial charge is 0.182 e. The van der Waals surface area contributed by atoms with Gasteiger partial charge in [0.05, 0.1) is 10.6 Å². The lowest BCUT2D eigenvalue weighted by Crippen LogP contribution is -1.95. The zero-order valence-electron chi connectivity index (χ0n) is 5.63. The third kappa shape index (κ3) is 1.61. The van der Waals surface area contributed by atoms with Gasteiger partial charge in [-0.1, -0.05) is 0 Å². The predicted octanol–water partition coefficient (Wildman–Crippen LogP) is 2.17. The van der Waals surface area contributed by atoms with Crippen molar-refractivity contribution in [1.82, 2.24) is 0 Å². The third-order valence-corrected chi connectivity index (χ3v) is 2.49. The van der Waals surface area contributed by atoms with Crippen LogP contribution in [0.25, 0.3) is 0 Å². The number of thiol groups is 1. The SMILES string of the molecule is Cc1ccc(C(=O)CS)s1. The van der Waals surface area contributed by atoms with Gasteiger partial charge in [-0.05, 0) is 19.1 Å². The molecule has 0 radical (unpaired) electrons. The second-order valence-electron chi connectivity index (χ2n) is 1.99. The zero-order valence-corrected chi connectivity index (χ0v) is 7.34. The van der Waals surface area contributed by atoms with Gasteiger partial charge < -0.3 is 0 Å². The zero-order chi connectivity index (χ0) is 7.56. The number of carbonyl (C=O) groups excluding carboxylic acids is 1. The normalized spacial score (nSPS) is 9.80. The Balaban J connectivity index is 2.85. The first-order valence-corrected chi connectivity index (χ1v) is 4.39. The molecule has 0 aromatic carbocycles. The van der Waals surface area contributed by atoms with Crippen molar-refractivity contribution in [3.63, 3.8) is 0 Å². The van der Waals surface area contributed by atoms with Crippen molar-refractivity contribution < 1.29 is 4.79 Å². The van der Waals surface area contributed by atoms with E-state index in [-0.39, 0.29) is 5.78 Å². The molecule has 54 valence electrons. The lowest BCUT2D eigenvalue weighted by atomic mass is 10.3. The summed E-state index contributed by atoms with van der Waals surface area (Å²) < 4.78 is 0. The van der Waals surface area contributed by atoms with Crippen LogP contribution in [-0.4, -0.2) is 11.5 Å². The van der Waals surface area contributed by atoms with Crippen LogP contribution in [0.3, 0.4) is 0 Å². The molecule has 10 heavy (non-hydrogen) atoms. The molecule has 1 aromatic rings. The van der Waals surface area contributed by atoms with Crippen LogP contribution in [0.5, 0.6) is 0 Å². The summed E-state index contributed by atoms with van der Waals surface area (Å²) in [6, 6.07) is 3.79. The maximum Gasteiger partial charge on any atom is 0.182 e. The molecule has 1 heterocycles. The Bertz CT molecular complexity index is 240. The first-order valence-electron chi connectivity index (χ1n) is 2.94. The molecule has 0 atom stereocenters. The van der Waals surface area contributed by atoms with E-state index in [0.717, 1.165) is 4.88 Å². The number of aryl methyl sites for hydroxylation is 1. The Labute approximate surface area is 69.5 Å². The summed E-state index contributed by atoms with van der Waals surface area (Å²) >= 11 is 5.42. The van der Waals surface area contributed by atoms with Gasteiger partial charge in [0, 0.05) is 4.88 Å². The van der Waals surface area contributed by atoms with Crippen molar-refractivity contribution in [1.29, 1.82) is 0 Å². The van der Waals surface area contributed by atoms with Gasteiger partial charge in [-0.3, -0.25) is 4.79 Å². The molecular weight excluding hydrogens is 164 g/mol. The highest BCUT2D eigenvalue weighted by Crippen LogP contribution is 2.15. The van der Waals surface area contributed by atoms with Crippen LogP contribution in [0.15, 0.2) is 12.1 Å². The number of ketones is 1. The fraction of sp³-hybridized carbons (Fsp3) is 0.286. The van der Waals surface area contributed by atoms with Crippen LogP contribution >= 0.6 is 24.0 Å². The molecule has 0 aliphatic heterocycles. The van der Waals surface area contributed by atoms with Gasteiger partial charge in [-0.25, -0.2) is 0 Å². The summed E-state index contributed by atoms with van der Waals surface area (Å²) in [7, 11) is 0. The average Bonchev–Trinajstić information content (AvgIpc) is 2.34. The summed E-state index contributed by atoms with van der Waals surface area (Å²) in [4.78, 5) is 12.9. The molecule has 0 saturated heterocycles. The minimum Gasteiger partial charge on any atom is -0.292 e.